The van der Waals surface area contributed by atoms with E-state index >= 15 is 0 Å². The second-order valence-corrected chi connectivity index (χ2v) is 8.19. The summed E-state index contributed by atoms with van der Waals surface area (Å²) in [5.74, 6) is 0.238. The van der Waals surface area contributed by atoms with Gasteiger partial charge >= 0.3 is 0 Å². The minimum atomic E-state index is -3.00. The maximum absolute atomic E-state index is 13.0. The van der Waals surface area contributed by atoms with Crippen LogP contribution in [-0.4, -0.2) is 62.3 Å². The molecule has 5 nitrogen and oxygen atoms in total. The lowest BCUT2D eigenvalue weighted by molar-refractivity contribution is -0.138. The summed E-state index contributed by atoms with van der Waals surface area (Å²) in [5, 5.41) is 0. The first-order chi connectivity index (χ1) is 10.4. The van der Waals surface area contributed by atoms with E-state index < -0.39 is 9.84 Å². The molecule has 2 rings (SSSR count). The van der Waals surface area contributed by atoms with Gasteiger partial charge in [0.1, 0.15) is 6.04 Å². The van der Waals surface area contributed by atoms with E-state index in [4.69, 9.17) is 0 Å². The molecule has 0 saturated carbocycles. The van der Waals surface area contributed by atoms with E-state index in [9.17, 15) is 13.2 Å². The van der Waals surface area contributed by atoms with Crippen LogP contribution in [0.25, 0.3) is 0 Å². The van der Waals surface area contributed by atoms with Crippen LogP contribution >= 0.6 is 0 Å². The Morgan fingerprint density at radius 3 is 2.36 bits per heavy atom. The molecule has 1 aliphatic heterocycles. The fourth-order valence-corrected chi connectivity index (χ4v) is 4.80. The summed E-state index contributed by atoms with van der Waals surface area (Å²) in [5.41, 5.74) is 0.928. The third kappa shape index (κ3) is 3.67. The summed E-state index contributed by atoms with van der Waals surface area (Å²) in [6.07, 6.45) is 0.539. The molecule has 0 bridgehead atoms. The maximum Gasteiger partial charge on any atom is 0.244 e. The van der Waals surface area contributed by atoms with Gasteiger partial charge < -0.3 is 4.90 Å². The van der Waals surface area contributed by atoms with Gasteiger partial charge in [-0.25, -0.2) is 8.42 Å². The van der Waals surface area contributed by atoms with E-state index in [2.05, 4.69) is 0 Å². The molecule has 1 fully saturated rings. The van der Waals surface area contributed by atoms with E-state index in [0.717, 1.165) is 5.56 Å². The van der Waals surface area contributed by atoms with Gasteiger partial charge in [-0.2, -0.15) is 0 Å². The Kier molecular flexibility index (Phi) is 5.24. The van der Waals surface area contributed by atoms with Gasteiger partial charge in [0, 0.05) is 12.6 Å². The van der Waals surface area contributed by atoms with Crippen molar-refractivity contribution < 1.29 is 13.2 Å². The molecule has 1 aromatic rings. The zero-order valence-corrected chi connectivity index (χ0v) is 14.2. The van der Waals surface area contributed by atoms with Gasteiger partial charge in [0.2, 0.25) is 5.91 Å². The average molecular weight is 324 g/mol. The highest BCUT2D eigenvalue weighted by atomic mass is 32.2. The first-order valence-corrected chi connectivity index (χ1v) is 9.40. The van der Waals surface area contributed by atoms with Crippen molar-refractivity contribution in [2.45, 2.75) is 25.4 Å². The standard InChI is InChI=1S/C16H24N2O3S/c1-4-18(14-10-11-22(20,21)12-14)16(19)15(17(2)3)13-8-6-5-7-9-13/h5-9,14-15H,4,10-12H2,1-3H3. The Balaban J connectivity index is 2.25. The molecule has 1 saturated heterocycles. The van der Waals surface area contributed by atoms with Crippen molar-refractivity contribution in [1.29, 1.82) is 0 Å². The highest BCUT2D eigenvalue weighted by molar-refractivity contribution is 7.91. The van der Waals surface area contributed by atoms with Crippen LogP contribution in [0.15, 0.2) is 30.3 Å². The summed E-state index contributed by atoms with van der Waals surface area (Å²) in [6, 6.07) is 9.02. The number of likely N-dealkylation sites (N-methyl/N-ethyl adjacent to an activating group) is 2. The minimum Gasteiger partial charge on any atom is -0.337 e. The van der Waals surface area contributed by atoms with Gasteiger partial charge in [0.25, 0.3) is 0 Å². The third-order valence-corrected chi connectivity index (χ3v) is 5.89. The van der Waals surface area contributed by atoms with Crippen LogP contribution in [0.3, 0.4) is 0 Å². The lowest BCUT2D eigenvalue weighted by Gasteiger charge is -2.33. The SMILES string of the molecule is CCN(C(=O)C(c1ccccc1)N(C)C)C1CCS(=O)(=O)C1. The van der Waals surface area contributed by atoms with Crippen molar-refractivity contribution in [1.82, 2.24) is 9.80 Å². The third-order valence-electron chi connectivity index (χ3n) is 4.14. The number of carbonyl (C=O) groups is 1. The molecule has 1 heterocycles. The van der Waals surface area contributed by atoms with Crippen LogP contribution in [0.4, 0.5) is 0 Å². The van der Waals surface area contributed by atoms with Crippen molar-refractivity contribution in [2.75, 3.05) is 32.1 Å². The zero-order valence-electron chi connectivity index (χ0n) is 13.4. The van der Waals surface area contributed by atoms with E-state index in [1.54, 1.807) is 4.90 Å². The largest absolute Gasteiger partial charge is 0.337 e. The molecule has 2 unspecified atom stereocenters. The molecule has 0 aliphatic carbocycles. The molecule has 2 atom stereocenters. The van der Waals surface area contributed by atoms with Gasteiger partial charge in [-0.05, 0) is 33.0 Å². The molecule has 6 heteroatoms. The molecule has 1 aromatic carbocycles. The number of hydrogen-bond donors (Lipinski definition) is 0. The normalized spacial score (nSPS) is 21.7. The maximum atomic E-state index is 13.0. The van der Waals surface area contributed by atoms with E-state index in [1.165, 1.54) is 0 Å². The van der Waals surface area contributed by atoms with E-state index in [1.807, 2.05) is 56.3 Å². The van der Waals surface area contributed by atoms with Crippen LogP contribution in [0, 0.1) is 0 Å². The quantitative estimate of drug-likeness (QED) is 0.820. The Morgan fingerprint density at radius 2 is 1.91 bits per heavy atom. The molecular formula is C16H24N2O3S. The summed E-state index contributed by atoms with van der Waals surface area (Å²) in [7, 11) is 0.738. The van der Waals surface area contributed by atoms with Crippen molar-refractivity contribution in [3.8, 4) is 0 Å². The van der Waals surface area contributed by atoms with Crippen LogP contribution in [0.5, 0.6) is 0 Å². The molecular weight excluding hydrogens is 300 g/mol. The predicted molar refractivity (Wildman–Crippen MR) is 87.3 cm³/mol. The Morgan fingerprint density at radius 1 is 1.27 bits per heavy atom. The van der Waals surface area contributed by atoms with Crippen LogP contribution in [0.2, 0.25) is 0 Å². The van der Waals surface area contributed by atoms with Crippen molar-refractivity contribution in [2.24, 2.45) is 0 Å². The average Bonchev–Trinajstić information content (AvgIpc) is 2.80. The molecule has 22 heavy (non-hydrogen) atoms. The van der Waals surface area contributed by atoms with Crippen molar-refractivity contribution >= 4 is 15.7 Å². The summed E-state index contributed by atoms with van der Waals surface area (Å²) in [6.45, 7) is 2.43. The van der Waals surface area contributed by atoms with Gasteiger partial charge in [0.05, 0.1) is 11.5 Å². The zero-order chi connectivity index (χ0) is 16.3. The lowest BCUT2D eigenvalue weighted by atomic mass is 10.0. The van der Waals surface area contributed by atoms with Gasteiger partial charge in [-0.3, -0.25) is 9.69 Å². The van der Waals surface area contributed by atoms with Crippen molar-refractivity contribution in [3.63, 3.8) is 0 Å². The number of amides is 1. The topological polar surface area (TPSA) is 57.7 Å². The first-order valence-electron chi connectivity index (χ1n) is 7.58. The predicted octanol–water partition coefficient (Wildman–Crippen LogP) is 1.32. The number of benzene rings is 1. The Bertz CT molecular complexity index is 614. The Labute approximate surface area is 132 Å². The molecule has 122 valence electrons. The van der Waals surface area contributed by atoms with Gasteiger partial charge in [0.15, 0.2) is 9.84 Å². The molecule has 1 amide bonds. The van der Waals surface area contributed by atoms with Crippen LogP contribution in [0.1, 0.15) is 24.9 Å². The lowest BCUT2D eigenvalue weighted by Crippen LogP contribution is -2.46. The first kappa shape index (κ1) is 17.0. The van der Waals surface area contributed by atoms with E-state index in [-0.39, 0.29) is 29.5 Å². The smallest absolute Gasteiger partial charge is 0.244 e. The number of rotatable bonds is 5. The van der Waals surface area contributed by atoms with Gasteiger partial charge in [-0.1, -0.05) is 30.3 Å². The van der Waals surface area contributed by atoms with Crippen molar-refractivity contribution in [3.05, 3.63) is 35.9 Å². The number of hydrogen-bond acceptors (Lipinski definition) is 4. The van der Waals surface area contributed by atoms with Crippen LogP contribution in [-0.2, 0) is 14.6 Å². The summed E-state index contributed by atoms with van der Waals surface area (Å²) in [4.78, 5) is 16.6. The second-order valence-electron chi connectivity index (χ2n) is 5.96. The molecule has 0 spiro atoms. The molecule has 0 N–H and O–H groups in total. The monoisotopic (exact) mass is 324 g/mol. The molecule has 0 aromatic heterocycles. The van der Waals surface area contributed by atoms with E-state index in [0.29, 0.717) is 13.0 Å². The summed E-state index contributed by atoms with van der Waals surface area (Å²) < 4.78 is 23.4. The fourth-order valence-electron chi connectivity index (χ4n) is 3.07. The second kappa shape index (κ2) is 6.79. The number of nitrogens with zero attached hydrogens (tertiary/aromatic N) is 2. The number of sulfone groups is 1. The minimum absolute atomic E-state index is 0.0270. The summed E-state index contributed by atoms with van der Waals surface area (Å²) >= 11 is 0. The molecule has 0 radical (unpaired) electrons. The molecule has 1 aliphatic rings. The van der Waals surface area contributed by atoms with Crippen LogP contribution < -0.4 is 0 Å². The fraction of sp³-hybridized carbons (Fsp3) is 0.562. The highest BCUT2D eigenvalue weighted by Gasteiger charge is 2.37. The Hall–Kier alpha value is -1.40. The number of carbonyl (C=O) groups excluding carboxylic acids is 1. The van der Waals surface area contributed by atoms with Gasteiger partial charge in [-0.15, -0.1) is 0 Å². The highest BCUT2D eigenvalue weighted by Crippen LogP contribution is 2.25.